The second-order valence-electron chi connectivity index (χ2n) is 5.17. The Balaban J connectivity index is 3.81. The van der Waals surface area contributed by atoms with Gasteiger partial charge in [-0.3, -0.25) is 9.59 Å². The second-order valence-corrected chi connectivity index (χ2v) is 5.17. The Morgan fingerprint density at radius 1 is 0.900 bits per heavy atom. The molecule has 0 saturated heterocycles. The monoisotopic (exact) mass is 286 g/mol. The summed E-state index contributed by atoms with van der Waals surface area (Å²) in [4.78, 5) is 23.3. The molecule has 20 heavy (non-hydrogen) atoms. The predicted octanol–water partition coefficient (Wildman–Crippen LogP) is -0.582. The lowest BCUT2D eigenvalue weighted by Crippen LogP contribution is -2.50. The van der Waals surface area contributed by atoms with Crippen LogP contribution in [0.25, 0.3) is 0 Å². The maximum Gasteiger partial charge on any atom is 0.145 e. The van der Waals surface area contributed by atoms with Crippen LogP contribution in [0.15, 0.2) is 0 Å². The van der Waals surface area contributed by atoms with Gasteiger partial charge >= 0.3 is 0 Å². The lowest BCUT2D eigenvalue weighted by molar-refractivity contribution is -0.137. The molecule has 0 radical (unpaired) electrons. The fraction of sp³-hybridized carbons (Fsp3) is 0.857. The van der Waals surface area contributed by atoms with Crippen LogP contribution in [0.3, 0.4) is 0 Å². The molecule has 0 bridgehead atoms. The average Bonchev–Trinajstić information content (AvgIpc) is 2.40. The van der Waals surface area contributed by atoms with Crippen LogP contribution in [0.4, 0.5) is 0 Å². The van der Waals surface area contributed by atoms with Crippen molar-refractivity contribution < 1.29 is 9.59 Å². The average molecular weight is 286 g/mol. The van der Waals surface area contributed by atoms with E-state index in [-0.39, 0.29) is 18.1 Å². The summed E-state index contributed by atoms with van der Waals surface area (Å²) in [6, 6.07) is 0. The fourth-order valence-electron chi connectivity index (χ4n) is 2.01. The molecule has 0 amide bonds. The molecule has 0 rings (SSSR count). The van der Waals surface area contributed by atoms with Gasteiger partial charge in [0.2, 0.25) is 0 Å². The van der Waals surface area contributed by atoms with Gasteiger partial charge in [-0.25, -0.2) is 0 Å². The van der Waals surface area contributed by atoms with E-state index in [9.17, 15) is 9.59 Å². The second kappa shape index (κ2) is 10.9. The van der Waals surface area contributed by atoms with Gasteiger partial charge in [-0.2, -0.15) is 0 Å². The van der Waals surface area contributed by atoms with E-state index in [2.05, 4.69) is 10.6 Å². The third kappa shape index (κ3) is 6.56. The minimum Gasteiger partial charge on any atom is -0.330 e. The maximum absolute atomic E-state index is 11.6. The van der Waals surface area contributed by atoms with Crippen molar-refractivity contribution in [3.05, 3.63) is 0 Å². The van der Waals surface area contributed by atoms with Gasteiger partial charge in [0.25, 0.3) is 0 Å². The number of nitrogens with two attached hydrogens (primary N) is 2. The van der Waals surface area contributed by atoms with Crippen molar-refractivity contribution in [3.8, 4) is 0 Å². The van der Waals surface area contributed by atoms with Crippen LogP contribution in [0.5, 0.6) is 0 Å². The Morgan fingerprint density at radius 3 is 1.85 bits per heavy atom. The molecule has 0 spiro atoms. The SMILES string of the molecule is CC(=O)C(CN)(CNCCCCNCCCN)C(C)=O. The molecule has 0 saturated carbocycles. The van der Waals surface area contributed by atoms with Gasteiger partial charge in [-0.05, 0) is 59.3 Å². The number of hydrogen-bond donors (Lipinski definition) is 4. The van der Waals surface area contributed by atoms with E-state index in [0.29, 0.717) is 13.1 Å². The summed E-state index contributed by atoms with van der Waals surface area (Å²) in [6.45, 7) is 6.65. The summed E-state index contributed by atoms with van der Waals surface area (Å²) in [5.41, 5.74) is 9.96. The van der Waals surface area contributed by atoms with Crippen LogP contribution in [0.2, 0.25) is 0 Å². The Kier molecular flexibility index (Phi) is 10.5. The summed E-state index contributed by atoms with van der Waals surface area (Å²) in [5, 5.41) is 6.48. The summed E-state index contributed by atoms with van der Waals surface area (Å²) in [6.07, 6.45) is 3.04. The third-order valence-electron chi connectivity index (χ3n) is 3.64. The van der Waals surface area contributed by atoms with Gasteiger partial charge in [0.05, 0.1) is 0 Å². The molecule has 6 nitrogen and oxygen atoms in total. The molecule has 0 fully saturated rings. The number of hydrogen-bond acceptors (Lipinski definition) is 6. The number of carbonyl (C=O) groups is 2. The lowest BCUT2D eigenvalue weighted by Gasteiger charge is -2.27. The summed E-state index contributed by atoms with van der Waals surface area (Å²) in [7, 11) is 0. The minimum absolute atomic E-state index is 0.0608. The van der Waals surface area contributed by atoms with Crippen LogP contribution in [-0.4, -0.2) is 50.8 Å². The molecular weight excluding hydrogens is 256 g/mol. The number of rotatable bonds is 13. The molecule has 0 aromatic carbocycles. The van der Waals surface area contributed by atoms with E-state index in [1.165, 1.54) is 13.8 Å². The molecule has 0 aliphatic rings. The highest BCUT2D eigenvalue weighted by atomic mass is 16.2. The van der Waals surface area contributed by atoms with Gasteiger partial charge in [0.1, 0.15) is 17.0 Å². The van der Waals surface area contributed by atoms with Crippen LogP contribution >= 0.6 is 0 Å². The molecule has 0 aliphatic heterocycles. The Bertz CT molecular complexity index is 281. The third-order valence-corrected chi connectivity index (χ3v) is 3.64. The van der Waals surface area contributed by atoms with Gasteiger partial charge in [0.15, 0.2) is 0 Å². The smallest absolute Gasteiger partial charge is 0.145 e. The zero-order valence-corrected chi connectivity index (χ0v) is 12.8. The van der Waals surface area contributed by atoms with Gasteiger partial charge < -0.3 is 22.1 Å². The largest absolute Gasteiger partial charge is 0.330 e. The van der Waals surface area contributed by atoms with Crippen molar-refractivity contribution in [2.24, 2.45) is 16.9 Å². The minimum atomic E-state index is -1.06. The molecular formula is C14H30N4O2. The Labute approximate surface area is 122 Å². The van der Waals surface area contributed by atoms with Crippen LogP contribution in [-0.2, 0) is 9.59 Å². The van der Waals surface area contributed by atoms with Crippen molar-refractivity contribution in [2.45, 2.75) is 33.1 Å². The first-order valence-electron chi connectivity index (χ1n) is 7.35. The summed E-state index contributed by atoms with van der Waals surface area (Å²) >= 11 is 0. The zero-order chi connectivity index (χ0) is 15.4. The molecule has 118 valence electrons. The fourth-order valence-corrected chi connectivity index (χ4v) is 2.01. The Morgan fingerprint density at radius 2 is 1.40 bits per heavy atom. The lowest BCUT2D eigenvalue weighted by atomic mass is 9.80. The molecule has 0 unspecified atom stereocenters. The Hall–Kier alpha value is -0.820. The molecule has 6 N–H and O–H groups in total. The summed E-state index contributed by atoms with van der Waals surface area (Å²) < 4.78 is 0. The first kappa shape index (κ1) is 19.2. The van der Waals surface area contributed by atoms with E-state index in [1.807, 2.05) is 0 Å². The number of carbonyl (C=O) groups excluding carboxylic acids is 2. The normalized spacial score (nSPS) is 11.6. The van der Waals surface area contributed by atoms with Crippen molar-refractivity contribution in [2.75, 3.05) is 39.3 Å². The topological polar surface area (TPSA) is 110 Å². The van der Waals surface area contributed by atoms with Crippen molar-refractivity contribution in [3.63, 3.8) is 0 Å². The van der Waals surface area contributed by atoms with E-state index in [4.69, 9.17) is 11.5 Å². The molecule has 0 heterocycles. The van der Waals surface area contributed by atoms with E-state index >= 15 is 0 Å². The first-order valence-corrected chi connectivity index (χ1v) is 7.35. The highest BCUT2D eigenvalue weighted by Gasteiger charge is 2.38. The van der Waals surface area contributed by atoms with E-state index in [1.54, 1.807) is 0 Å². The van der Waals surface area contributed by atoms with Gasteiger partial charge in [0, 0.05) is 13.1 Å². The van der Waals surface area contributed by atoms with Crippen LogP contribution in [0, 0.1) is 5.41 Å². The van der Waals surface area contributed by atoms with Crippen LogP contribution in [0.1, 0.15) is 33.1 Å². The van der Waals surface area contributed by atoms with Crippen molar-refractivity contribution >= 4 is 11.6 Å². The highest BCUT2D eigenvalue weighted by Crippen LogP contribution is 2.17. The quantitative estimate of drug-likeness (QED) is 0.266. The van der Waals surface area contributed by atoms with Gasteiger partial charge in [-0.15, -0.1) is 0 Å². The predicted molar refractivity (Wildman–Crippen MR) is 81.5 cm³/mol. The molecule has 6 heteroatoms. The van der Waals surface area contributed by atoms with Gasteiger partial charge in [-0.1, -0.05) is 0 Å². The molecule has 0 atom stereocenters. The number of unbranched alkanes of at least 4 members (excludes halogenated alkanes) is 1. The first-order chi connectivity index (χ1) is 9.51. The van der Waals surface area contributed by atoms with E-state index < -0.39 is 5.41 Å². The van der Waals surface area contributed by atoms with Crippen molar-refractivity contribution in [1.82, 2.24) is 10.6 Å². The maximum atomic E-state index is 11.6. The molecule has 0 aromatic rings. The van der Waals surface area contributed by atoms with Crippen molar-refractivity contribution in [1.29, 1.82) is 0 Å². The standard InChI is InChI=1S/C14H30N4O2/c1-12(19)14(10-16,13(2)20)11-18-8-4-3-7-17-9-5-6-15/h17-18H,3-11,15-16H2,1-2H3. The summed E-state index contributed by atoms with van der Waals surface area (Å²) in [5.74, 6) is -0.327. The number of Topliss-reactive ketones (excluding diaryl/α,β-unsaturated/α-hetero) is 2. The van der Waals surface area contributed by atoms with E-state index in [0.717, 1.165) is 38.9 Å². The van der Waals surface area contributed by atoms with Crippen LogP contribution < -0.4 is 22.1 Å². The number of ketones is 2. The molecule has 0 aliphatic carbocycles. The molecule has 0 aromatic heterocycles. The number of nitrogens with one attached hydrogen (secondary N) is 2. The zero-order valence-electron chi connectivity index (χ0n) is 12.8. The highest BCUT2D eigenvalue weighted by molar-refractivity contribution is 6.05.